The zero-order valence-corrected chi connectivity index (χ0v) is 10.0. The average molecular weight is 251 g/mol. The number of nitrogens with one attached hydrogen (secondary N) is 1. The second kappa shape index (κ2) is 5.37. The monoisotopic (exact) mass is 251 g/mol. The summed E-state index contributed by atoms with van der Waals surface area (Å²) in [6.45, 7) is -0.0477. The van der Waals surface area contributed by atoms with E-state index in [9.17, 15) is 9.90 Å². The third-order valence-corrected chi connectivity index (χ3v) is 3.08. The Bertz CT molecular complexity index is 401. The number of carbonyl (C=O) groups is 1. The lowest BCUT2D eigenvalue weighted by Crippen LogP contribution is -2.57. The maximum Gasteiger partial charge on any atom is 0.407 e. The van der Waals surface area contributed by atoms with Crippen LogP contribution in [0.2, 0.25) is 0 Å². The molecule has 0 unspecified atom stereocenters. The van der Waals surface area contributed by atoms with E-state index in [1.807, 2.05) is 30.3 Å². The number of alkyl carbamates (subject to hydrolysis) is 1. The number of hydrogen-bond donors (Lipinski definition) is 3. The van der Waals surface area contributed by atoms with Gasteiger partial charge in [0.2, 0.25) is 0 Å². The van der Waals surface area contributed by atoms with Crippen molar-refractivity contribution in [3.63, 3.8) is 0 Å². The van der Waals surface area contributed by atoms with Crippen LogP contribution in [0.5, 0.6) is 0 Å². The first kappa shape index (κ1) is 12.9. The van der Waals surface area contributed by atoms with Crippen LogP contribution in [-0.4, -0.2) is 34.6 Å². The Morgan fingerprint density at radius 2 is 2.06 bits per heavy atom. The van der Waals surface area contributed by atoms with Crippen molar-refractivity contribution in [3.05, 3.63) is 35.9 Å². The molecule has 3 N–H and O–H groups in total. The van der Waals surface area contributed by atoms with Gasteiger partial charge in [0, 0.05) is 6.04 Å². The fourth-order valence-corrected chi connectivity index (χ4v) is 2.02. The molecule has 5 nitrogen and oxygen atoms in total. The van der Waals surface area contributed by atoms with Crippen molar-refractivity contribution in [3.8, 4) is 0 Å². The normalized spacial score (nSPS) is 26.2. The van der Waals surface area contributed by atoms with E-state index in [1.54, 1.807) is 0 Å². The van der Waals surface area contributed by atoms with Crippen LogP contribution in [0.1, 0.15) is 18.4 Å². The molecule has 0 aromatic heterocycles. The van der Waals surface area contributed by atoms with Gasteiger partial charge in [0.05, 0.1) is 12.2 Å². The molecule has 0 aliphatic heterocycles. The second-order valence-corrected chi connectivity index (χ2v) is 4.69. The Hall–Kier alpha value is -1.59. The Labute approximate surface area is 105 Å². The molecular formula is C13H17NO4. The second-order valence-electron chi connectivity index (χ2n) is 4.69. The molecule has 0 radical (unpaired) electrons. The van der Waals surface area contributed by atoms with Crippen LogP contribution in [0, 0.1) is 0 Å². The summed E-state index contributed by atoms with van der Waals surface area (Å²) < 4.78 is 5.04. The number of benzene rings is 1. The highest BCUT2D eigenvalue weighted by Gasteiger charge is 2.42. The van der Waals surface area contributed by atoms with Crippen LogP contribution >= 0.6 is 0 Å². The van der Waals surface area contributed by atoms with Crippen molar-refractivity contribution in [1.82, 2.24) is 5.32 Å². The largest absolute Gasteiger partial charge is 0.445 e. The molecule has 0 bridgehead atoms. The summed E-state index contributed by atoms with van der Waals surface area (Å²) in [5, 5.41) is 21.1. The number of carbonyl (C=O) groups excluding carboxylic acids is 1. The lowest BCUT2D eigenvalue weighted by Gasteiger charge is -2.42. The van der Waals surface area contributed by atoms with E-state index in [0.29, 0.717) is 12.8 Å². The lowest BCUT2D eigenvalue weighted by molar-refractivity contribution is -0.0906. The minimum atomic E-state index is -1.03. The molecule has 1 saturated carbocycles. The Morgan fingerprint density at radius 3 is 2.67 bits per heavy atom. The molecular weight excluding hydrogens is 234 g/mol. The fourth-order valence-electron chi connectivity index (χ4n) is 2.02. The summed E-state index contributed by atoms with van der Waals surface area (Å²) in [6.07, 6.45) is 0.234. The first-order valence-corrected chi connectivity index (χ1v) is 5.92. The van der Waals surface area contributed by atoms with Gasteiger partial charge in [0.1, 0.15) is 6.61 Å². The third kappa shape index (κ3) is 3.21. The molecule has 0 heterocycles. The molecule has 1 amide bonds. The van der Waals surface area contributed by atoms with E-state index in [0.717, 1.165) is 5.56 Å². The summed E-state index contributed by atoms with van der Waals surface area (Å²) in [5.74, 6) is 0. The number of aliphatic hydroxyl groups is 2. The summed E-state index contributed by atoms with van der Waals surface area (Å²) in [5.41, 5.74) is -0.106. The molecule has 0 spiro atoms. The molecule has 1 aliphatic rings. The van der Waals surface area contributed by atoms with Gasteiger partial charge >= 0.3 is 6.09 Å². The molecule has 1 aliphatic carbocycles. The molecule has 0 saturated heterocycles. The van der Waals surface area contributed by atoms with Gasteiger partial charge in [-0.25, -0.2) is 4.79 Å². The van der Waals surface area contributed by atoms with E-state index < -0.39 is 11.7 Å². The van der Waals surface area contributed by atoms with E-state index in [1.165, 1.54) is 0 Å². The summed E-state index contributed by atoms with van der Waals surface area (Å²) in [4.78, 5) is 11.4. The van der Waals surface area contributed by atoms with Crippen LogP contribution in [0.3, 0.4) is 0 Å². The first-order chi connectivity index (χ1) is 8.61. The molecule has 1 aromatic rings. The highest BCUT2D eigenvalue weighted by Crippen LogP contribution is 2.31. The summed E-state index contributed by atoms with van der Waals surface area (Å²) in [7, 11) is 0. The highest BCUT2D eigenvalue weighted by molar-refractivity contribution is 5.67. The number of aliphatic hydroxyl groups excluding tert-OH is 1. The molecule has 18 heavy (non-hydrogen) atoms. The smallest absolute Gasteiger partial charge is 0.407 e. The Morgan fingerprint density at radius 1 is 1.39 bits per heavy atom. The van der Waals surface area contributed by atoms with Gasteiger partial charge in [0.15, 0.2) is 0 Å². The minimum absolute atomic E-state index is 0.120. The van der Waals surface area contributed by atoms with Gasteiger partial charge in [-0.2, -0.15) is 0 Å². The Balaban J connectivity index is 1.68. The molecule has 5 heteroatoms. The van der Waals surface area contributed by atoms with Crippen LogP contribution in [0.15, 0.2) is 30.3 Å². The van der Waals surface area contributed by atoms with Crippen LogP contribution < -0.4 is 5.32 Å². The molecule has 0 atom stereocenters. The molecule has 98 valence electrons. The molecule has 1 aromatic carbocycles. The zero-order valence-electron chi connectivity index (χ0n) is 10.0. The quantitative estimate of drug-likeness (QED) is 0.739. The van der Waals surface area contributed by atoms with Gasteiger partial charge in [0.25, 0.3) is 0 Å². The van der Waals surface area contributed by atoms with E-state index in [4.69, 9.17) is 9.84 Å². The van der Waals surface area contributed by atoms with Crippen LogP contribution in [0.4, 0.5) is 4.79 Å². The molecule has 1 fully saturated rings. The number of ether oxygens (including phenoxy) is 1. The maximum absolute atomic E-state index is 11.4. The minimum Gasteiger partial charge on any atom is -0.445 e. The summed E-state index contributed by atoms with van der Waals surface area (Å²) in [6, 6.07) is 9.29. The van der Waals surface area contributed by atoms with Crippen molar-refractivity contribution < 1.29 is 19.7 Å². The van der Waals surface area contributed by atoms with Crippen molar-refractivity contribution in [2.75, 3.05) is 6.61 Å². The topological polar surface area (TPSA) is 78.8 Å². The SMILES string of the molecule is O=C(NC1CC(O)(CO)C1)OCc1ccccc1. The van der Waals surface area contributed by atoms with Gasteiger partial charge in [-0.3, -0.25) is 0 Å². The van der Waals surface area contributed by atoms with Crippen LogP contribution in [0.25, 0.3) is 0 Å². The van der Waals surface area contributed by atoms with Crippen molar-refractivity contribution >= 4 is 6.09 Å². The number of hydrogen-bond acceptors (Lipinski definition) is 4. The van der Waals surface area contributed by atoms with E-state index in [2.05, 4.69) is 5.32 Å². The van der Waals surface area contributed by atoms with Gasteiger partial charge in [-0.15, -0.1) is 0 Å². The number of amides is 1. The van der Waals surface area contributed by atoms with Crippen molar-refractivity contribution in [1.29, 1.82) is 0 Å². The molecule has 2 rings (SSSR count). The third-order valence-electron chi connectivity index (χ3n) is 3.08. The first-order valence-electron chi connectivity index (χ1n) is 5.92. The fraction of sp³-hybridized carbons (Fsp3) is 0.462. The van der Waals surface area contributed by atoms with Gasteiger partial charge in [-0.1, -0.05) is 30.3 Å². The zero-order chi connectivity index (χ0) is 13.0. The Kier molecular flexibility index (Phi) is 3.84. The van der Waals surface area contributed by atoms with Crippen molar-refractivity contribution in [2.24, 2.45) is 0 Å². The van der Waals surface area contributed by atoms with E-state index in [-0.39, 0.29) is 19.3 Å². The highest BCUT2D eigenvalue weighted by atomic mass is 16.5. The average Bonchev–Trinajstić information content (AvgIpc) is 2.35. The predicted octanol–water partition coefficient (Wildman–Crippen LogP) is 0.799. The van der Waals surface area contributed by atoms with Crippen LogP contribution in [-0.2, 0) is 11.3 Å². The summed E-state index contributed by atoms with van der Waals surface area (Å²) >= 11 is 0. The number of rotatable bonds is 4. The maximum atomic E-state index is 11.4. The predicted molar refractivity (Wildman–Crippen MR) is 64.8 cm³/mol. The lowest BCUT2D eigenvalue weighted by atomic mass is 9.76. The standard InChI is InChI=1S/C13H17NO4/c15-9-13(17)6-11(7-13)14-12(16)18-8-10-4-2-1-3-5-10/h1-5,11,15,17H,6-9H2,(H,14,16). The van der Waals surface area contributed by atoms with E-state index >= 15 is 0 Å². The van der Waals surface area contributed by atoms with Gasteiger partial charge in [-0.05, 0) is 18.4 Å². The van der Waals surface area contributed by atoms with Crippen molar-refractivity contribution in [2.45, 2.75) is 31.1 Å². The van der Waals surface area contributed by atoms with Gasteiger partial charge < -0.3 is 20.3 Å².